The van der Waals surface area contributed by atoms with Crippen LogP contribution in [0.4, 0.5) is 4.39 Å². The number of carbonyl (C=O) groups excluding carboxylic acids is 3. The number of nitrogens with one attached hydrogen (secondary N) is 1. The molecule has 16 nitrogen and oxygen atoms in total. The summed E-state index contributed by atoms with van der Waals surface area (Å²) in [6, 6.07) is 7.80. The third kappa shape index (κ3) is 6.05. The van der Waals surface area contributed by atoms with Crippen molar-refractivity contribution in [2.75, 3.05) is 40.4 Å². The summed E-state index contributed by atoms with van der Waals surface area (Å²) in [7, 11) is 6.42. The Morgan fingerprint density at radius 3 is 2.22 bits per heavy atom. The first-order valence-electron chi connectivity index (χ1n) is 13.4. The van der Waals surface area contributed by atoms with Crippen LogP contribution in [0.2, 0.25) is 0 Å². The summed E-state index contributed by atoms with van der Waals surface area (Å²) in [6.45, 7) is 2.56. The van der Waals surface area contributed by atoms with Gasteiger partial charge in [-0.2, -0.15) is 0 Å². The number of aliphatic hydroxyl groups is 7. The second kappa shape index (κ2) is 12.5. The molecule has 3 heterocycles. The molecule has 5 rings (SSSR count). The molecule has 3 aliphatic heterocycles. The van der Waals surface area contributed by atoms with E-state index in [1.165, 1.54) is 23.5 Å². The normalized spacial score (nSPS) is 23.7. The van der Waals surface area contributed by atoms with Crippen molar-refractivity contribution in [2.45, 2.75) is 36.4 Å². The number of hydrogen-bond donors (Lipinski definition) is 8. The first kappa shape index (κ1) is 34.7. The van der Waals surface area contributed by atoms with Crippen molar-refractivity contribution in [3.8, 4) is 5.75 Å². The number of morpholine rings is 1. The summed E-state index contributed by atoms with van der Waals surface area (Å²) in [5.74, 6) is -19.5. The topological polar surface area (TPSA) is 233 Å². The highest BCUT2D eigenvalue weighted by atomic mass is 31.0. The van der Waals surface area contributed by atoms with E-state index < -0.39 is 75.1 Å². The van der Waals surface area contributed by atoms with E-state index in [0.29, 0.717) is 38.4 Å². The predicted octanol–water partition coefficient (Wildman–Crippen LogP) is -3.17. The van der Waals surface area contributed by atoms with Crippen molar-refractivity contribution in [3.63, 3.8) is 0 Å². The largest absolute Gasteiger partial charge is 0.488 e. The van der Waals surface area contributed by atoms with Gasteiger partial charge < -0.3 is 45.2 Å². The molecule has 2 fully saturated rings. The number of carbonyl (C=O) groups is 3. The Morgan fingerprint density at radius 1 is 1.00 bits per heavy atom. The molecular formula is C27H34FN4O12P. The van der Waals surface area contributed by atoms with E-state index in [0.717, 1.165) is 12.1 Å². The minimum atomic E-state index is -4.57. The molecule has 246 valence electrons. The van der Waals surface area contributed by atoms with Gasteiger partial charge in [-0.15, -0.1) is 0 Å². The van der Waals surface area contributed by atoms with E-state index in [1.54, 1.807) is 6.07 Å². The summed E-state index contributed by atoms with van der Waals surface area (Å²) in [5.41, 5.74) is -4.93. The second-order valence-corrected chi connectivity index (χ2v) is 11.9. The molecule has 0 radical (unpaired) electrons. The van der Waals surface area contributed by atoms with Gasteiger partial charge in [0.15, 0.2) is 0 Å². The molecule has 18 heteroatoms. The minimum absolute atomic E-state index is 0.0508. The zero-order chi connectivity index (χ0) is 33.5. The van der Waals surface area contributed by atoms with Gasteiger partial charge in [0.2, 0.25) is 0 Å². The lowest BCUT2D eigenvalue weighted by atomic mass is 9.86. The Hall–Kier alpha value is -3.19. The number of rotatable bonds is 6. The van der Waals surface area contributed by atoms with Gasteiger partial charge >= 0.3 is 5.79 Å². The number of benzene rings is 2. The van der Waals surface area contributed by atoms with Crippen LogP contribution in [0.25, 0.3) is 0 Å². The second-order valence-electron chi connectivity index (χ2n) is 10.8. The average Bonchev–Trinajstić information content (AvgIpc) is 3.16. The molecule has 0 aromatic heterocycles. The summed E-state index contributed by atoms with van der Waals surface area (Å²) >= 11 is 0. The molecule has 2 atom stereocenters. The molecule has 0 aliphatic carbocycles. The average molecular weight is 657 g/mol. The lowest BCUT2D eigenvalue weighted by Crippen LogP contribution is -2.87. The van der Waals surface area contributed by atoms with E-state index in [2.05, 4.69) is 14.3 Å². The summed E-state index contributed by atoms with van der Waals surface area (Å²) in [4.78, 5) is 39.1. The molecule has 8 N–H and O–H groups in total. The lowest BCUT2D eigenvalue weighted by Gasteiger charge is -2.51. The highest BCUT2D eigenvalue weighted by molar-refractivity contribution is 7.13. The Kier molecular flexibility index (Phi) is 9.67. The van der Waals surface area contributed by atoms with E-state index in [-0.39, 0.29) is 5.56 Å². The molecule has 45 heavy (non-hydrogen) atoms. The molecule has 2 unspecified atom stereocenters. The predicted molar refractivity (Wildman–Crippen MR) is 151 cm³/mol. The van der Waals surface area contributed by atoms with Crippen molar-refractivity contribution in [2.24, 2.45) is 0 Å². The lowest BCUT2D eigenvalue weighted by molar-refractivity contribution is -0.433. The number of fused-ring (bicyclic) bond motifs is 1. The molecule has 2 aromatic carbocycles. The molecule has 0 spiro atoms. The molecular weight excluding hydrogens is 622 g/mol. The first-order chi connectivity index (χ1) is 20.9. The highest BCUT2D eigenvalue weighted by Gasteiger charge is 2.79. The SMILES string of the molecule is CN(C)P.O=C1c2cccc(OCc3ccc(CN4CCOCC4)cc3F)c2C(O)(O)N1C1(O)C(=O)NC(=O)C(O)(O)C1(O)O. The quantitative estimate of drug-likeness (QED) is 0.0871. The maximum Gasteiger partial charge on any atom is 0.306 e. The molecule has 3 aliphatic rings. The minimum Gasteiger partial charge on any atom is -0.488 e. The van der Waals surface area contributed by atoms with Crippen LogP contribution in [0.1, 0.15) is 27.0 Å². The van der Waals surface area contributed by atoms with Crippen LogP contribution < -0.4 is 10.1 Å². The standard InChI is InChI=1S/C25H26FN3O12.C2H8NP/c26-16-10-13(11-28-6-8-40-9-7-28)4-5-14(16)12-41-17-3-1-2-15-18(17)24(36,37)29(19(15)30)22(33)20(31)27-21(32)23(34,35)25(22,38)39;1-3(2)4/h1-5,10,33-39H,6-9,11-12H2,(H,27,31,32);4H2,1-2H3. The van der Waals surface area contributed by atoms with Gasteiger partial charge in [-0.1, -0.05) is 27.6 Å². The molecule has 3 amide bonds. The Balaban J connectivity index is 0.00000109. The molecule has 0 saturated carbocycles. The van der Waals surface area contributed by atoms with Crippen LogP contribution in [-0.4, -0.2) is 126 Å². The highest BCUT2D eigenvalue weighted by Crippen LogP contribution is 2.48. The van der Waals surface area contributed by atoms with Crippen molar-refractivity contribution in [3.05, 3.63) is 64.5 Å². The molecule has 2 saturated heterocycles. The van der Waals surface area contributed by atoms with Crippen molar-refractivity contribution < 1.29 is 64.0 Å². The number of imide groups is 1. The van der Waals surface area contributed by atoms with E-state index >= 15 is 0 Å². The fourth-order valence-electron chi connectivity index (χ4n) is 5.00. The van der Waals surface area contributed by atoms with Crippen molar-refractivity contribution >= 4 is 27.1 Å². The maximum atomic E-state index is 14.9. The van der Waals surface area contributed by atoms with Crippen LogP contribution in [0, 0.1) is 5.82 Å². The van der Waals surface area contributed by atoms with Crippen LogP contribution in [-0.2, 0) is 33.4 Å². The summed E-state index contributed by atoms with van der Waals surface area (Å²) < 4.78 is 27.7. The fourth-order valence-corrected chi connectivity index (χ4v) is 5.00. The van der Waals surface area contributed by atoms with Crippen LogP contribution in [0.3, 0.4) is 0 Å². The molecule has 2 aromatic rings. The van der Waals surface area contributed by atoms with E-state index in [4.69, 9.17) is 9.47 Å². The monoisotopic (exact) mass is 656 g/mol. The van der Waals surface area contributed by atoms with Gasteiger partial charge in [0, 0.05) is 25.2 Å². The molecule has 0 bridgehead atoms. The zero-order valence-electron chi connectivity index (χ0n) is 24.2. The third-order valence-corrected chi connectivity index (χ3v) is 7.27. The van der Waals surface area contributed by atoms with Crippen molar-refractivity contribution in [1.82, 2.24) is 19.8 Å². The van der Waals surface area contributed by atoms with Crippen LogP contribution in [0.5, 0.6) is 5.75 Å². The number of ether oxygens (including phenoxy) is 2. The van der Waals surface area contributed by atoms with Crippen LogP contribution in [0.15, 0.2) is 36.4 Å². The van der Waals surface area contributed by atoms with Gasteiger partial charge in [0.1, 0.15) is 18.2 Å². The Labute approximate surface area is 258 Å². The summed E-state index contributed by atoms with van der Waals surface area (Å²) in [6.07, 6.45) is 0. The number of piperidine rings is 1. The number of nitrogens with zero attached hydrogens (tertiary/aromatic N) is 3. The smallest absolute Gasteiger partial charge is 0.306 e. The fraction of sp³-hybridized carbons (Fsp3) is 0.444. The Bertz CT molecular complexity index is 1480. The number of amides is 3. The van der Waals surface area contributed by atoms with Gasteiger partial charge in [0.25, 0.3) is 35.1 Å². The zero-order valence-corrected chi connectivity index (χ0v) is 25.3. The van der Waals surface area contributed by atoms with E-state index in [1.807, 2.05) is 18.8 Å². The first-order valence-corrected chi connectivity index (χ1v) is 13.9. The van der Waals surface area contributed by atoms with Crippen LogP contribution >= 0.6 is 9.39 Å². The van der Waals surface area contributed by atoms with E-state index in [9.17, 15) is 54.5 Å². The number of hydrogen-bond acceptors (Lipinski definition) is 14. The van der Waals surface area contributed by atoms with Gasteiger partial charge in [0.05, 0.1) is 24.3 Å². The van der Waals surface area contributed by atoms with Gasteiger partial charge in [-0.3, -0.25) is 29.3 Å². The van der Waals surface area contributed by atoms with Crippen molar-refractivity contribution in [1.29, 1.82) is 0 Å². The van der Waals surface area contributed by atoms with Gasteiger partial charge in [-0.05, 0) is 37.9 Å². The number of halogens is 1. The van der Waals surface area contributed by atoms with Gasteiger partial charge in [-0.25, -0.2) is 9.29 Å². The summed E-state index contributed by atoms with van der Waals surface area (Å²) in [5, 5.41) is 74.7. The maximum absolute atomic E-state index is 14.9. The third-order valence-electron chi connectivity index (χ3n) is 7.27. The Morgan fingerprint density at radius 2 is 1.62 bits per heavy atom.